The van der Waals surface area contributed by atoms with Gasteiger partial charge >= 0.3 is 0 Å². The van der Waals surface area contributed by atoms with Crippen LogP contribution in [0.1, 0.15) is 38.6 Å². The van der Waals surface area contributed by atoms with Crippen LogP contribution in [0.25, 0.3) is 11.0 Å². The standard InChI is InChI=1S/C21H25N5O4S/c1-14(2)20(21-23-16-7-3-4-8-17(16)24-21)22-18-10-9-15(13-19(18)26(27)28)31(29,30)25-11-5-6-12-25/h3-4,7-10,13-14,20,22H,5-6,11-12H2,1-2H3,(H,23,24). The molecule has 10 heteroatoms. The molecule has 0 aliphatic carbocycles. The average molecular weight is 444 g/mol. The molecule has 1 fully saturated rings. The molecule has 2 aromatic carbocycles. The van der Waals surface area contributed by atoms with E-state index in [-0.39, 0.29) is 28.2 Å². The number of aromatic nitrogens is 2. The van der Waals surface area contributed by atoms with Crippen LogP contribution in [-0.4, -0.2) is 40.7 Å². The zero-order valence-electron chi connectivity index (χ0n) is 17.4. The van der Waals surface area contributed by atoms with Gasteiger partial charge in [-0.25, -0.2) is 13.4 Å². The van der Waals surface area contributed by atoms with Gasteiger partial charge in [-0.1, -0.05) is 26.0 Å². The number of imidazole rings is 1. The highest BCUT2D eigenvalue weighted by Crippen LogP contribution is 2.34. The van der Waals surface area contributed by atoms with E-state index in [2.05, 4.69) is 15.3 Å². The van der Waals surface area contributed by atoms with E-state index in [0.717, 1.165) is 29.9 Å². The van der Waals surface area contributed by atoms with E-state index in [9.17, 15) is 18.5 Å². The van der Waals surface area contributed by atoms with Gasteiger partial charge in [-0.15, -0.1) is 0 Å². The van der Waals surface area contributed by atoms with Gasteiger partial charge in [0.05, 0.1) is 26.9 Å². The molecule has 3 aromatic rings. The van der Waals surface area contributed by atoms with Gasteiger partial charge in [0.2, 0.25) is 10.0 Å². The molecule has 2 heterocycles. The Hall–Kier alpha value is -2.98. The predicted octanol–water partition coefficient (Wildman–Crippen LogP) is 4.06. The number of anilines is 1. The maximum atomic E-state index is 12.8. The molecule has 31 heavy (non-hydrogen) atoms. The number of nitro benzene ring substituents is 1. The van der Waals surface area contributed by atoms with Crippen LogP contribution in [0, 0.1) is 16.0 Å². The third kappa shape index (κ3) is 4.13. The molecule has 9 nitrogen and oxygen atoms in total. The fourth-order valence-electron chi connectivity index (χ4n) is 3.86. The van der Waals surface area contributed by atoms with Crippen molar-refractivity contribution in [2.75, 3.05) is 18.4 Å². The van der Waals surface area contributed by atoms with E-state index < -0.39 is 14.9 Å². The number of hydrogen-bond acceptors (Lipinski definition) is 6. The topological polar surface area (TPSA) is 121 Å². The van der Waals surface area contributed by atoms with Gasteiger partial charge in [-0.3, -0.25) is 10.1 Å². The Labute approximate surface area is 180 Å². The number of rotatable bonds is 7. The monoisotopic (exact) mass is 443 g/mol. The van der Waals surface area contributed by atoms with E-state index in [4.69, 9.17) is 0 Å². The predicted molar refractivity (Wildman–Crippen MR) is 118 cm³/mol. The first-order valence-electron chi connectivity index (χ1n) is 10.3. The van der Waals surface area contributed by atoms with Crippen LogP contribution in [0.5, 0.6) is 0 Å². The summed E-state index contributed by atoms with van der Waals surface area (Å²) in [6, 6.07) is 11.3. The smallest absolute Gasteiger partial charge is 0.293 e. The molecule has 0 amide bonds. The Morgan fingerprint density at radius 3 is 2.52 bits per heavy atom. The second-order valence-electron chi connectivity index (χ2n) is 8.05. The van der Waals surface area contributed by atoms with E-state index in [1.165, 1.54) is 16.4 Å². The molecule has 1 saturated heterocycles. The lowest BCUT2D eigenvalue weighted by molar-refractivity contribution is -0.384. The largest absolute Gasteiger partial charge is 0.369 e. The first-order valence-corrected chi connectivity index (χ1v) is 11.7. The summed E-state index contributed by atoms with van der Waals surface area (Å²) >= 11 is 0. The highest BCUT2D eigenvalue weighted by Gasteiger charge is 2.30. The number of nitrogens with zero attached hydrogens (tertiary/aromatic N) is 3. The molecule has 0 spiro atoms. The number of nitrogens with one attached hydrogen (secondary N) is 2. The van der Waals surface area contributed by atoms with Gasteiger partial charge in [-0.2, -0.15) is 4.31 Å². The lowest BCUT2D eigenvalue weighted by Gasteiger charge is -2.22. The van der Waals surface area contributed by atoms with Crippen molar-refractivity contribution in [2.45, 2.75) is 37.6 Å². The summed E-state index contributed by atoms with van der Waals surface area (Å²) < 4.78 is 27.1. The van der Waals surface area contributed by atoms with Crippen molar-refractivity contribution in [2.24, 2.45) is 5.92 Å². The van der Waals surface area contributed by atoms with Crippen LogP contribution < -0.4 is 5.32 Å². The minimum absolute atomic E-state index is 0.0588. The Bertz CT molecular complexity index is 1180. The molecule has 1 aliphatic rings. The van der Waals surface area contributed by atoms with E-state index in [1.54, 1.807) is 0 Å². The zero-order chi connectivity index (χ0) is 22.2. The summed E-state index contributed by atoms with van der Waals surface area (Å²) in [5.41, 5.74) is 1.67. The van der Waals surface area contributed by atoms with Gasteiger partial charge in [-0.05, 0) is 43.0 Å². The molecular weight excluding hydrogens is 418 g/mol. The lowest BCUT2D eigenvalue weighted by atomic mass is 10.0. The van der Waals surface area contributed by atoms with Crippen molar-refractivity contribution in [1.29, 1.82) is 0 Å². The van der Waals surface area contributed by atoms with Crippen molar-refractivity contribution in [3.8, 4) is 0 Å². The van der Waals surface area contributed by atoms with E-state index in [1.807, 2.05) is 38.1 Å². The van der Waals surface area contributed by atoms with Crippen LogP contribution in [-0.2, 0) is 10.0 Å². The maximum absolute atomic E-state index is 12.8. The normalized spacial score (nSPS) is 16.1. The summed E-state index contributed by atoms with van der Waals surface area (Å²) in [6.45, 7) is 4.86. The van der Waals surface area contributed by atoms with Crippen molar-refractivity contribution in [1.82, 2.24) is 14.3 Å². The second-order valence-corrected chi connectivity index (χ2v) is 9.99. The quantitative estimate of drug-likeness (QED) is 0.419. The Morgan fingerprint density at radius 1 is 1.16 bits per heavy atom. The second kappa shape index (κ2) is 8.27. The Morgan fingerprint density at radius 2 is 1.87 bits per heavy atom. The van der Waals surface area contributed by atoms with Gasteiger partial charge in [0.15, 0.2) is 0 Å². The molecular formula is C21H25N5O4S. The minimum atomic E-state index is -3.74. The lowest BCUT2D eigenvalue weighted by Crippen LogP contribution is -2.28. The molecule has 1 aliphatic heterocycles. The SMILES string of the molecule is CC(C)C(Nc1ccc(S(=O)(=O)N2CCCC2)cc1[N+](=O)[O-])c1nc2ccccc2[nH]1. The molecule has 4 rings (SSSR count). The van der Waals surface area contributed by atoms with Crippen molar-refractivity contribution in [3.05, 3.63) is 58.4 Å². The minimum Gasteiger partial charge on any atom is -0.369 e. The van der Waals surface area contributed by atoms with Crippen LogP contribution >= 0.6 is 0 Å². The molecule has 1 atom stereocenters. The molecule has 2 N–H and O–H groups in total. The van der Waals surface area contributed by atoms with Crippen LogP contribution in [0.15, 0.2) is 47.4 Å². The third-order valence-electron chi connectivity index (χ3n) is 5.55. The van der Waals surface area contributed by atoms with Crippen molar-refractivity contribution >= 4 is 32.4 Å². The molecule has 0 saturated carbocycles. The van der Waals surface area contributed by atoms with Crippen molar-refractivity contribution in [3.63, 3.8) is 0 Å². The van der Waals surface area contributed by atoms with Crippen molar-refractivity contribution < 1.29 is 13.3 Å². The number of hydrogen-bond donors (Lipinski definition) is 2. The van der Waals surface area contributed by atoms with Crippen LogP contribution in [0.4, 0.5) is 11.4 Å². The molecule has 1 unspecified atom stereocenters. The highest BCUT2D eigenvalue weighted by atomic mass is 32.2. The number of fused-ring (bicyclic) bond motifs is 1. The van der Waals surface area contributed by atoms with E-state index in [0.29, 0.717) is 18.9 Å². The summed E-state index contributed by atoms with van der Waals surface area (Å²) in [5, 5.41) is 15.0. The fraction of sp³-hybridized carbons (Fsp3) is 0.381. The third-order valence-corrected chi connectivity index (χ3v) is 7.44. The number of sulfonamides is 1. The van der Waals surface area contributed by atoms with Gasteiger partial charge in [0.1, 0.15) is 11.5 Å². The first-order chi connectivity index (χ1) is 14.8. The number of nitro groups is 1. The Balaban J connectivity index is 1.69. The zero-order valence-corrected chi connectivity index (χ0v) is 18.2. The van der Waals surface area contributed by atoms with Gasteiger partial charge in [0, 0.05) is 19.2 Å². The molecule has 1 aromatic heterocycles. The average Bonchev–Trinajstić information content (AvgIpc) is 3.41. The number of aromatic amines is 1. The molecule has 0 bridgehead atoms. The first kappa shape index (κ1) is 21.3. The highest BCUT2D eigenvalue weighted by molar-refractivity contribution is 7.89. The molecule has 164 valence electrons. The van der Waals surface area contributed by atoms with Gasteiger partial charge < -0.3 is 10.3 Å². The summed E-state index contributed by atoms with van der Waals surface area (Å²) in [5.74, 6) is 0.729. The maximum Gasteiger partial charge on any atom is 0.293 e. The number of benzene rings is 2. The van der Waals surface area contributed by atoms with E-state index >= 15 is 0 Å². The summed E-state index contributed by atoms with van der Waals surface area (Å²) in [4.78, 5) is 19.1. The summed E-state index contributed by atoms with van der Waals surface area (Å²) in [6.07, 6.45) is 1.60. The summed E-state index contributed by atoms with van der Waals surface area (Å²) in [7, 11) is -3.74. The van der Waals surface area contributed by atoms with Gasteiger partial charge in [0.25, 0.3) is 5.69 Å². The van der Waals surface area contributed by atoms with Crippen LogP contribution in [0.2, 0.25) is 0 Å². The fourth-order valence-corrected chi connectivity index (χ4v) is 5.40. The Kier molecular flexibility index (Phi) is 5.67. The number of H-pyrrole nitrogens is 1. The number of para-hydroxylation sites is 2. The van der Waals surface area contributed by atoms with Crippen LogP contribution in [0.3, 0.4) is 0 Å². The molecule has 0 radical (unpaired) electrons.